The van der Waals surface area contributed by atoms with Crippen molar-refractivity contribution in [3.8, 4) is 0 Å². The van der Waals surface area contributed by atoms with Gasteiger partial charge in [0.25, 0.3) is 0 Å². The molecule has 0 spiro atoms. The van der Waals surface area contributed by atoms with E-state index in [1.54, 1.807) is 19.2 Å². The second-order valence-corrected chi connectivity index (χ2v) is 2.85. The molecule has 1 aromatic heterocycles. The van der Waals surface area contributed by atoms with Crippen LogP contribution in [0.3, 0.4) is 0 Å². The third-order valence-electron chi connectivity index (χ3n) is 1.79. The zero-order valence-corrected chi connectivity index (χ0v) is 7.27. The van der Waals surface area contributed by atoms with Crippen molar-refractivity contribution in [2.45, 2.75) is 19.4 Å². The standard InChI is InChI=1S/C9H11NO3/c1-6-5-10-3-2-7(6)8(11)4-9(12)13/h2-3,5,8,11H,4H2,1H3,(H,12,13)/t8-/m1/s1. The first-order valence-corrected chi connectivity index (χ1v) is 3.91. The summed E-state index contributed by atoms with van der Waals surface area (Å²) in [4.78, 5) is 14.2. The van der Waals surface area contributed by atoms with Crippen molar-refractivity contribution in [3.05, 3.63) is 29.6 Å². The molecule has 70 valence electrons. The molecule has 4 nitrogen and oxygen atoms in total. The van der Waals surface area contributed by atoms with Gasteiger partial charge in [0.05, 0.1) is 12.5 Å². The molecule has 0 radical (unpaired) electrons. The van der Waals surface area contributed by atoms with Crippen LogP contribution in [-0.4, -0.2) is 21.2 Å². The molecule has 0 saturated heterocycles. The summed E-state index contributed by atoms with van der Waals surface area (Å²) in [5.74, 6) is -1.01. The highest BCUT2D eigenvalue weighted by molar-refractivity contribution is 5.67. The average Bonchev–Trinajstić information content (AvgIpc) is 2.03. The summed E-state index contributed by atoms with van der Waals surface area (Å²) < 4.78 is 0. The molecule has 0 bridgehead atoms. The maximum absolute atomic E-state index is 10.3. The summed E-state index contributed by atoms with van der Waals surface area (Å²) in [5, 5.41) is 17.9. The molecule has 0 aliphatic carbocycles. The quantitative estimate of drug-likeness (QED) is 0.726. The number of hydrogen-bond acceptors (Lipinski definition) is 3. The van der Waals surface area contributed by atoms with Gasteiger partial charge in [-0.15, -0.1) is 0 Å². The number of aliphatic carboxylic acids is 1. The Morgan fingerprint density at radius 1 is 1.69 bits per heavy atom. The van der Waals surface area contributed by atoms with Gasteiger partial charge in [0.1, 0.15) is 0 Å². The van der Waals surface area contributed by atoms with Crippen molar-refractivity contribution in [2.24, 2.45) is 0 Å². The largest absolute Gasteiger partial charge is 0.481 e. The highest BCUT2D eigenvalue weighted by Crippen LogP contribution is 2.18. The Balaban J connectivity index is 2.82. The van der Waals surface area contributed by atoms with E-state index in [-0.39, 0.29) is 6.42 Å². The minimum Gasteiger partial charge on any atom is -0.481 e. The SMILES string of the molecule is Cc1cnccc1[C@H](O)CC(=O)O. The van der Waals surface area contributed by atoms with E-state index in [2.05, 4.69) is 4.98 Å². The van der Waals surface area contributed by atoms with Gasteiger partial charge in [-0.2, -0.15) is 0 Å². The highest BCUT2D eigenvalue weighted by atomic mass is 16.4. The van der Waals surface area contributed by atoms with Crippen LogP contribution in [-0.2, 0) is 4.79 Å². The van der Waals surface area contributed by atoms with E-state index in [4.69, 9.17) is 5.11 Å². The Bertz CT molecular complexity index is 311. The number of aliphatic hydroxyl groups excluding tert-OH is 1. The van der Waals surface area contributed by atoms with E-state index in [1.807, 2.05) is 0 Å². The number of aryl methyl sites for hydroxylation is 1. The number of carboxylic acid groups (broad SMARTS) is 1. The lowest BCUT2D eigenvalue weighted by atomic mass is 10.0. The van der Waals surface area contributed by atoms with Crippen LogP contribution in [0.15, 0.2) is 18.5 Å². The summed E-state index contributed by atoms with van der Waals surface area (Å²) in [5.41, 5.74) is 1.42. The number of pyridine rings is 1. The zero-order valence-electron chi connectivity index (χ0n) is 7.27. The minimum atomic E-state index is -1.01. The zero-order chi connectivity index (χ0) is 9.84. The normalized spacial score (nSPS) is 12.5. The number of carboxylic acids is 1. The van der Waals surface area contributed by atoms with E-state index >= 15 is 0 Å². The van der Waals surface area contributed by atoms with E-state index in [0.717, 1.165) is 5.56 Å². The van der Waals surface area contributed by atoms with Crippen LogP contribution in [0, 0.1) is 6.92 Å². The summed E-state index contributed by atoms with van der Waals surface area (Å²) in [6.07, 6.45) is 1.92. The van der Waals surface area contributed by atoms with Crippen LogP contribution in [0.4, 0.5) is 0 Å². The van der Waals surface area contributed by atoms with Gasteiger partial charge < -0.3 is 10.2 Å². The maximum Gasteiger partial charge on any atom is 0.306 e. The molecule has 0 unspecified atom stereocenters. The van der Waals surface area contributed by atoms with Crippen LogP contribution in [0.1, 0.15) is 23.7 Å². The summed E-state index contributed by atoms with van der Waals surface area (Å²) in [7, 11) is 0. The average molecular weight is 181 g/mol. The van der Waals surface area contributed by atoms with Crippen LogP contribution in [0.2, 0.25) is 0 Å². The summed E-state index contributed by atoms with van der Waals surface area (Å²) in [6.45, 7) is 1.79. The second kappa shape index (κ2) is 4.00. The minimum absolute atomic E-state index is 0.273. The first-order chi connectivity index (χ1) is 6.11. The molecule has 0 aliphatic rings. The molecule has 0 fully saturated rings. The number of nitrogens with zero attached hydrogens (tertiary/aromatic N) is 1. The molecule has 0 saturated carbocycles. The van der Waals surface area contributed by atoms with E-state index < -0.39 is 12.1 Å². The van der Waals surface area contributed by atoms with Crippen molar-refractivity contribution in [1.82, 2.24) is 4.98 Å². The van der Waals surface area contributed by atoms with Gasteiger partial charge in [0, 0.05) is 12.4 Å². The predicted octanol–water partition coefficient (Wildman–Crippen LogP) is 0.898. The van der Waals surface area contributed by atoms with Crippen LogP contribution in [0.5, 0.6) is 0 Å². The third kappa shape index (κ3) is 2.52. The molecule has 1 aromatic rings. The van der Waals surface area contributed by atoms with Gasteiger partial charge in [-0.25, -0.2) is 0 Å². The monoisotopic (exact) mass is 181 g/mol. The van der Waals surface area contributed by atoms with Crippen LogP contribution in [0.25, 0.3) is 0 Å². The van der Waals surface area contributed by atoms with Gasteiger partial charge in [-0.05, 0) is 24.1 Å². The van der Waals surface area contributed by atoms with Gasteiger partial charge in [0.15, 0.2) is 0 Å². The van der Waals surface area contributed by atoms with Gasteiger partial charge in [0.2, 0.25) is 0 Å². The Morgan fingerprint density at radius 3 is 2.92 bits per heavy atom. The lowest BCUT2D eigenvalue weighted by Crippen LogP contribution is -2.06. The van der Waals surface area contributed by atoms with Crippen molar-refractivity contribution < 1.29 is 15.0 Å². The molecule has 1 rings (SSSR count). The number of rotatable bonds is 3. The molecule has 1 heterocycles. The van der Waals surface area contributed by atoms with Gasteiger partial charge in [-0.1, -0.05) is 0 Å². The first-order valence-electron chi connectivity index (χ1n) is 3.91. The molecule has 13 heavy (non-hydrogen) atoms. The number of aliphatic hydroxyl groups is 1. The fourth-order valence-corrected chi connectivity index (χ4v) is 1.13. The smallest absolute Gasteiger partial charge is 0.306 e. The third-order valence-corrected chi connectivity index (χ3v) is 1.79. The fraction of sp³-hybridized carbons (Fsp3) is 0.333. The molecule has 0 amide bonds. The highest BCUT2D eigenvalue weighted by Gasteiger charge is 2.13. The Hall–Kier alpha value is -1.42. The molecule has 2 N–H and O–H groups in total. The molecule has 0 aromatic carbocycles. The van der Waals surface area contributed by atoms with Crippen molar-refractivity contribution in [3.63, 3.8) is 0 Å². The van der Waals surface area contributed by atoms with E-state index in [0.29, 0.717) is 5.56 Å². The molecular formula is C9H11NO3. The maximum atomic E-state index is 10.3. The van der Waals surface area contributed by atoms with Crippen molar-refractivity contribution in [2.75, 3.05) is 0 Å². The van der Waals surface area contributed by atoms with E-state index in [9.17, 15) is 9.90 Å². The van der Waals surface area contributed by atoms with Crippen molar-refractivity contribution in [1.29, 1.82) is 0 Å². The Morgan fingerprint density at radius 2 is 2.38 bits per heavy atom. The second-order valence-electron chi connectivity index (χ2n) is 2.85. The lowest BCUT2D eigenvalue weighted by Gasteiger charge is -2.10. The first kappa shape index (κ1) is 9.67. The summed E-state index contributed by atoms with van der Waals surface area (Å²) >= 11 is 0. The number of aromatic nitrogens is 1. The Labute approximate surface area is 75.9 Å². The topological polar surface area (TPSA) is 70.4 Å². The fourth-order valence-electron chi connectivity index (χ4n) is 1.13. The molecule has 1 atom stereocenters. The number of hydrogen-bond donors (Lipinski definition) is 2. The molecular weight excluding hydrogens is 170 g/mol. The summed E-state index contributed by atoms with van der Waals surface area (Å²) in [6, 6.07) is 1.63. The van der Waals surface area contributed by atoms with Gasteiger partial charge >= 0.3 is 5.97 Å². The van der Waals surface area contributed by atoms with Crippen molar-refractivity contribution >= 4 is 5.97 Å². The van der Waals surface area contributed by atoms with Gasteiger partial charge in [-0.3, -0.25) is 9.78 Å². The predicted molar refractivity (Wildman–Crippen MR) is 46.2 cm³/mol. The number of carbonyl (C=O) groups is 1. The molecule has 4 heteroatoms. The van der Waals surface area contributed by atoms with Crippen LogP contribution >= 0.6 is 0 Å². The Kier molecular flexibility index (Phi) is 2.97. The molecule has 0 aliphatic heterocycles. The van der Waals surface area contributed by atoms with Crippen LogP contribution < -0.4 is 0 Å². The van der Waals surface area contributed by atoms with E-state index in [1.165, 1.54) is 6.20 Å². The lowest BCUT2D eigenvalue weighted by molar-refractivity contribution is -0.139.